The van der Waals surface area contributed by atoms with Crippen molar-refractivity contribution in [3.63, 3.8) is 0 Å². The predicted molar refractivity (Wildman–Crippen MR) is 116 cm³/mol. The number of benzene rings is 2. The van der Waals surface area contributed by atoms with Crippen molar-refractivity contribution < 1.29 is 0 Å². The van der Waals surface area contributed by atoms with E-state index in [1.165, 1.54) is 19.3 Å². The summed E-state index contributed by atoms with van der Waals surface area (Å²) in [4.78, 5) is 2.33. The Morgan fingerprint density at radius 1 is 0.767 bits per heavy atom. The van der Waals surface area contributed by atoms with Crippen molar-refractivity contribution in [2.24, 2.45) is 0 Å². The molecule has 30 heavy (non-hydrogen) atoms. The van der Waals surface area contributed by atoms with Crippen LogP contribution in [0.4, 0.5) is 5.95 Å². The summed E-state index contributed by atoms with van der Waals surface area (Å²) in [7, 11) is 0. The van der Waals surface area contributed by atoms with Gasteiger partial charge in [-0.15, -0.1) is 15.3 Å². The molecule has 5 rings (SSSR count). The zero-order valence-electron chi connectivity index (χ0n) is 16.5. The molecule has 2 aromatic carbocycles. The lowest BCUT2D eigenvalue weighted by Crippen LogP contribution is -2.31. The van der Waals surface area contributed by atoms with Gasteiger partial charge in [0.05, 0.1) is 17.1 Å². The van der Waals surface area contributed by atoms with Crippen LogP contribution in [0.2, 0.25) is 0 Å². The van der Waals surface area contributed by atoms with E-state index in [2.05, 4.69) is 47.3 Å². The number of tetrazole rings is 1. The smallest absolute Gasteiger partial charge is 0.232 e. The van der Waals surface area contributed by atoms with Crippen molar-refractivity contribution in [1.29, 1.82) is 0 Å². The topological polar surface area (TPSA) is 77.5 Å². The molecule has 0 N–H and O–H groups in total. The third-order valence-electron chi connectivity index (χ3n) is 5.13. The molecular formula is C21H22N8S. The molecule has 0 aliphatic carbocycles. The first-order valence-corrected chi connectivity index (χ1v) is 11.1. The van der Waals surface area contributed by atoms with E-state index < -0.39 is 0 Å². The average Bonchev–Trinajstić information content (AvgIpc) is 3.46. The van der Waals surface area contributed by atoms with Crippen LogP contribution >= 0.6 is 11.8 Å². The molecule has 0 radical (unpaired) electrons. The fraction of sp³-hybridized carbons (Fsp3) is 0.286. The largest absolute Gasteiger partial charge is 0.341 e. The van der Waals surface area contributed by atoms with Crippen molar-refractivity contribution in [3.05, 3.63) is 66.5 Å². The molecule has 152 valence electrons. The van der Waals surface area contributed by atoms with E-state index in [4.69, 9.17) is 0 Å². The van der Waals surface area contributed by atoms with Gasteiger partial charge in [-0.1, -0.05) is 48.2 Å². The van der Waals surface area contributed by atoms with Crippen LogP contribution in [-0.4, -0.2) is 48.1 Å². The summed E-state index contributed by atoms with van der Waals surface area (Å²) < 4.78 is 3.91. The molecular weight excluding hydrogens is 396 g/mol. The fourth-order valence-electron chi connectivity index (χ4n) is 3.65. The van der Waals surface area contributed by atoms with Gasteiger partial charge in [-0.25, -0.2) is 0 Å². The quantitative estimate of drug-likeness (QED) is 0.443. The van der Waals surface area contributed by atoms with Crippen molar-refractivity contribution in [1.82, 2.24) is 35.0 Å². The van der Waals surface area contributed by atoms with Crippen LogP contribution in [0.5, 0.6) is 0 Å². The summed E-state index contributed by atoms with van der Waals surface area (Å²) >= 11 is 1.59. The Morgan fingerprint density at radius 3 is 2.20 bits per heavy atom. The maximum absolute atomic E-state index is 4.56. The molecule has 1 aliphatic heterocycles. The van der Waals surface area contributed by atoms with Crippen LogP contribution in [0.15, 0.2) is 65.8 Å². The number of thioether (sulfide) groups is 1. The zero-order valence-corrected chi connectivity index (χ0v) is 17.3. The minimum absolute atomic E-state index is 0.590. The molecule has 0 unspecified atom stereocenters. The lowest BCUT2D eigenvalue weighted by molar-refractivity contribution is 0.564. The van der Waals surface area contributed by atoms with Gasteiger partial charge >= 0.3 is 0 Å². The Hall–Kier alpha value is -3.20. The minimum atomic E-state index is 0.590. The second kappa shape index (κ2) is 8.66. The highest BCUT2D eigenvalue weighted by atomic mass is 32.2. The Bertz CT molecular complexity index is 1090. The molecule has 0 atom stereocenters. The summed E-state index contributed by atoms with van der Waals surface area (Å²) in [6, 6.07) is 20.2. The van der Waals surface area contributed by atoms with Crippen molar-refractivity contribution in [2.75, 3.05) is 18.0 Å². The number of nitrogens with zero attached hydrogens (tertiary/aromatic N) is 8. The summed E-state index contributed by atoms with van der Waals surface area (Å²) in [5.41, 5.74) is 2.00. The maximum atomic E-state index is 4.56. The van der Waals surface area contributed by atoms with Crippen LogP contribution in [0.25, 0.3) is 11.4 Å². The van der Waals surface area contributed by atoms with E-state index in [9.17, 15) is 0 Å². The molecule has 3 heterocycles. The highest BCUT2D eigenvalue weighted by Gasteiger charge is 2.22. The van der Waals surface area contributed by atoms with Crippen molar-refractivity contribution in [2.45, 2.75) is 30.2 Å². The monoisotopic (exact) mass is 418 g/mol. The minimum Gasteiger partial charge on any atom is -0.341 e. The second-order valence-corrected chi connectivity index (χ2v) is 8.07. The van der Waals surface area contributed by atoms with E-state index in [0.29, 0.717) is 5.75 Å². The van der Waals surface area contributed by atoms with Gasteiger partial charge in [-0.3, -0.25) is 4.57 Å². The number of hydrogen-bond acceptors (Lipinski definition) is 7. The van der Waals surface area contributed by atoms with E-state index in [0.717, 1.165) is 41.4 Å². The summed E-state index contributed by atoms with van der Waals surface area (Å²) in [5.74, 6) is 2.27. The van der Waals surface area contributed by atoms with Gasteiger partial charge in [0.2, 0.25) is 5.95 Å². The third kappa shape index (κ3) is 3.80. The van der Waals surface area contributed by atoms with Crippen LogP contribution in [0.1, 0.15) is 25.1 Å². The highest BCUT2D eigenvalue weighted by molar-refractivity contribution is 7.98. The van der Waals surface area contributed by atoms with Crippen LogP contribution < -0.4 is 4.90 Å². The standard InChI is InChI=1S/C21H22N8S/c1-4-10-17(11-5-1)28-20(27-14-8-3-9-15-27)23-24-21(28)30-16-19-22-25-26-29(19)18-12-6-2-7-13-18/h1-2,4-7,10-13H,3,8-9,14-16H2. The number of anilines is 1. The van der Waals surface area contributed by atoms with Gasteiger partial charge in [0.1, 0.15) is 0 Å². The van der Waals surface area contributed by atoms with E-state index in [-0.39, 0.29) is 0 Å². The number of hydrogen-bond donors (Lipinski definition) is 0. The number of aromatic nitrogens is 7. The number of piperidine rings is 1. The Labute approximate surface area is 178 Å². The second-order valence-electron chi connectivity index (χ2n) is 7.13. The molecule has 0 spiro atoms. The fourth-order valence-corrected chi connectivity index (χ4v) is 4.50. The van der Waals surface area contributed by atoms with Crippen LogP contribution in [0, 0.1) is 0 Å². The molecule has 0 bridgehead atoms. The molecule has 1 saturated heterocycles. The van der Waals surface area contributed by atoms with Crippen LogP contribution in [-0.2, 0) is 5.75 Å². The third-order valence-corrected chi connectivity index (χ3v) is 6.06. The van der Waals surface area contributed by atoms with E-state index in [1.807, 2.05) is 48.5 Å². The van der Waals surface area contributed by atoms with E-state index in [1.54, 1.807) is 16.4 Å². The SMILES string of the molecule is c1ccc(-n2nnnc2CSc2nnc(N3CCCCC3)n2-c2ccccc2)cc1. The summed E-state index contributed by atoms with van der Waals surface area (Å²) in [6.45, 7) is 2.03. The molecule has 2 aromatic heterocycles. The highest BCUT2D eigenvalue weighted by Crippen LogP contribution is 2.29. The van der Waals surface area contributed by atoms with Crippen LogP contribution in [0.3, 0.4) is 0 Å². The Kier molecular flexibility index (Phi) is 5.43. The Balaban J connectivity index is 1.44. The van der Waals surface area contributed by atoms with Gasteiger partial charge in [-0.05, 0) is 54.0 Å². The lowest BCUT2D eigenvalue weighted by atomic mass is 10.1. The first kappa shape index (κ1) is 18.8. The molecule has 0 saturated carbocycles. The number of rotatable bonds is 6. The molecule has 8 nitrogen and oxygen atoms in total. The zero-order chi connectivity index (χ0) is 20.2. The summed E-state index contributed by atoms with van der Waals surface area (Å²) in [5, 5.41) is 22.2. The predicted octanol–water partition coefficient (Wildman–Crippen LogP) is 3.53. The summed E-state index contributed by atoms with van der Waals surface area (Å²) in [6.07, 6.45) is 3.66. The molecule has 1 fully saturated rings. The normalized spacial score (nSPS) is 14.2. The van der Waals surface area contributed by atoms with Crippen molar-refractivity contribution in [3.8, 4) is 11.4 Å². The maximum Gasteiger partial charge on any atom is 0.232 e. The Morgan fingerprint density at radius 2 is 1.47 bits per heavy atom. The van der Waals surface area contributed by atoms with Gasteiger partial charge in [0, 0.05) is 13.1 Å². The lowest BCUT2D eigenvalue weighted by Gasteiger charge is -2.27. The molecule has 9 heteroatoms. The molecule has 4 aromatic rings. The first-order valence-electron chi connectivity index (χ1n) is 10.1. The first-order chi connectivity index (χ1) is 14.9. The van der Waals surface area contributed by atoms with E-state index >= 15 is 0 Å². The van der Waals surface area contributed by atoms with Gasteiger partial charge in [-0.2, -0.15) is 4.68 Å². The average molecular weight is 419 g/mol. The number of para-hydroxylation sites is 2. The van der Waals surface area contributed by atoms with Gasteiger partial charge < -0.3 is 4.90 Å². The van der Waals surface area contributed by atoms with Gasteiger partial charge in [0.25, 0.3) is 0 Å². The molecule has 1 aliphatic rings. The van der Waals surface area contributed by atoms with Gasteiger partial charge in [0.15, 0.2) is 11.0 Å². The molecule has 0 amide bonds. The van der Waals surface area contributed by atoms with Crippen molar-refractivity contribution >= 4 is 17.7 Å².